The third-order valence-corrected chi connectivity index (χ3v) is 1.32. The predicted octanol–water partition coefficient (Wildman–Crippen LogP) is 1.49. The molecular formula is C5H9FO3S. The van der Waals surface area contributed by atoms with Gasteiger partial charge >= 0.3 is 0 Å². The molecule has 0 heterocycles. The van der Waals surface area contributed by atoms with Crippen molar-refractivity contribution in [2.75, 3.05) is 0 Å². The molecular weight excluding hydrogens is 159 g/mol. The summed E-state index contributed by atoms with van der Waals surface area (Å²) in [6.07, 6.45) is 0.553. The highest BCUT2D eigenvalue weighted by Gasteiger charge is 2.01. The van der Waals surface area contributed by atoms with Gasteiger partial charge in [-0.15, -0.1) is 0 Å². The van der Waals surface area contributed by atoms with Crippen molar-refractivity contribution in [1.82, 2.24) is 0 Å². The molecule has 0 aromatic rings. The third-order valence-electron chi connectivity index (χ3n) is 0.766. The molecule has 0 aromatic heterocycles. The minimum atomic E-state index is -4.28. The van der Waals surface area contributed by atoms with Crippen LogP contribution in [0.25, 0.3) is 0 Å². The van der Waals surface area contributed by atoms with E-state index in [2.05, 4.69) is 0 Å². The van der Waals surface area contributed by atoms with Crippen molar-refractivity contribution in [3.05, 3.63) is 11.2 Å². The van der Waals surface area contributed by atoms with Crippen molar-refractivity contribution >= 4 is 10.1 Å². The summed E-state index contributed by atoms with van der Waals surface area (Å²) in [4.78, 5) is 0. The Morgan fingerprint density at radius 3 is 2.50 bits per heavy atom. The van der Waals surface area contributed by atoms with Crippen LogP contribution in [0.3, 0.4) is 0 Å². The van der Waals surface area contributed by atoms with Crippen LogP contribution in [0.4, 0.5) is 4.39 Å². The summed E-state index contributed by atoms with van der Waals surface area (Å²) >= 11 is 0. The average molecular weight is 168 g/mol. The molecule has 1 N–H and O–H groups in total. The smallest absolute Gasteiger partial charge is 0.282 e. The molecule has 0 amide bonds. The van der Waals surface area contributed by atoms with E-state index in [9.17, 15) is 12.8 Å². The van der Waals surface area contributed by atoms with E-state index in [-0.39, 0.29) is 11.8 Å². The summed E-state index contributed by atoms with van der Waals surface area (Å²) in [5, 5.41) is 0.219. The van der Waals surface area contributed by atoms with Crippen molar-refractivity contribution in [3.8, 4) is 0 Å². The van der Waals surface area contributed by atoms with Crippen LogP contribution in [-0.4, -0.2) is 13.0 Å². The Hall–Kier alpha value is -0.420. The second-order valence-corrected chi connectivity index (χ2v) is 3.10. The third kappa shape index (κ3) is 5.71. The highest BCUT2D eigenvalue weighted by atomic mass is 32.2. The number of halogens is 1. The second kappa shape index (κ2) is 3.68. The van der Waals surface area contributed by atoms with E-state index >= 15 is 0 Å². The largest absolute Gasteiger partial charge is 0.290 e. The maximum atomic E-state index is 12.2. The molecule has 0 saturated heterocycles. The monoisotopic (exact) mass is 168 g/mol. The number of rotatable bonds is 3. The zero-order valence-corrected chi connectivity index (χ0v) is 6.36. The second-order valence-electron chi connectivity index (χ2n) is 1.83. The van der Waals surface area contributed by atoms with E-state index in [1.165, 1.54) is 0 Å². The van der Waals surface area contributed by atoms with Gasteiger partial charge < -0.3 is 0 Å². The van der Waals surface area contributed by atoms with Crippen LogP contribution in [0, 0.1) is 0 Å². The van der Waals surface area contributed by atoms with Gasteiger partial charge in [-0.3, -0.25) is 4.55 Å². The summed E-state index contributed by atoms with van der Waals surface area (Å²) in [5.74, 6) is -0.815. The number of hydrogen-bond acceptors (Lipinski definition) is 2. The maximum Gasteiger partial charge on any atom is 0.290 e. The lowest BCUT2D eigenvalue weighted by Crippen LogP contribution is -1.91. The van der Waals surface area contributed by atoms with Crippen molar-refractivity contribution in [2.45, 2.75) is 19.8 Å². The fourth-order valence-electron chi connectivity index (χ4n) is 0.459. The zero-order valence-electron chi connectivity index (χ0n) is 5.54. The van der Waals surface area contributed by atoms with Crippen LogP contribution in [0.2, 0.25) is 0 Å². The van der Waals surface area contributed by atoms with E-state index in [4.69, 9.17) is 4.55 Å². The first-order valence-electron chi connectivity index (χ1n) is 2.79. The molecule has 0 aromatic carbocycles. The molecule has 0 spiro atoms. The van der Waals surface area contributed by atoms with E-state index in [1.807, 2.05) is 0 Å². The molecule has 5 heteroatoms. The first-order chi connectivity index (χ1) is 4.45. The number of hydrogen-bond donors (Lipinski definition) is 1. The van der Waals surface area contributed by atoms with Crippen molar-refractivity contribution in [3.63, 3.8) is 0 Å². The lowest BCUT2D eigenvalue weighted by Gasteiger charge is -1.89. The average Bonchev–Trinajstić information content (AvgIpc) is 1.59. The van der Waals surface area contributed by atoms with Crippen LogP contribution in [0.5, 0.6) is 0 Å². The van der Waals surface area contributed by atoms with Gasteiger partial charge in [0, 0.05) is 0 Å². The normalized spacial score (nSPS) is 13.7. The zero-order chi connectivity index (χ0) is 8.20. The van der Waals surface area contributed by atoms with Crippen LogP contribution in [0.1, 0.15) is 19.8 Å². The summed E-state index contributed by atoms with van der Waals surface area (Å²) in [6.45, 7) is 1.71. The fraction of sp³-hybridized carbons (Fsp3) is 0.600. The maximum absolute atomic E-state index is 12.2. The van der Waals surface area contributed by atoms with Gasteiger partial charge in [-0.25, -0.2) is 4.39 Å². The van der Waals surface area contributed by atoms with E-state index in [0.717, 1.165) is 0 Å². The Morgan fingerprint density at radius 1 is 1.70 bits per heavy atom. The Labute approximate surface area is 59.3 Å². The van der Waals surface area contributed by atoms with Gasteiger partial charge in [-0.2, -0.15) is 8.42 Å². The Kier molecular flexibility index (Phi) is 3.52. The van der Waals surface area contributed by atoms with Gasteiger partial charge in [0.2, 0.25) is 0 Å². The van der Waals surface area contributed by atoms with Gasteiger partial charge in [0.15, 0.2) is 0 Å². The summed E-state index contributed by atoms with van der Waals surface area (Å²) in [6, 6.07) is 0. The molecule has 10 heavy (non-hydrogen) atoms. The van der Waals surface area contributed by atoms with Crippen molar-refractivity contribution in [2.24, 2.45) is 0 Å². The predicted molar refractivity (Wildman–Crippen MR) is 35.6 cm³/mol. The Balaban J connectivity index is 4.18. The molecule has 0 atom stereocenters. The van der Waals surface area contributed by atoms with Gasteiger partial charge in [0.25, 0.3) is 10.1 Å². The minimum absolute atomic E-state index is 0.0415. The molecule has 0 bridgehead atoms. The van der Waals surface area contributed by atoms with Crippen molar-refractivity contribution in [1.29, 1.82) is 0 Å². The van der Waals surface area contributed by atoms with Crippen molar-refractivity contribution < 1.29 is 17.4 Å². The molecule has 60 valence electrons. The Bertz CT molecular complexity index is 217. The molecule has 0 saturated carbocycles. The Morgan fingerprint density at radius 2 is 2.20 bits per heavy atom. The van der Waals surface area contributed by atoms with Gasteiger partial charge in [-0.05, 0) is 12.8 Å². The molecule has 0 rings (SSSR count). The summed E-state index contributed by atoms with van der Waals surface area (Å²) < 4.78 is 40.2. The topological polar surface area (TPSA) is 54.4 Å². The summed E-state index contributed by atoms with van der Waals surface area (Å²) in [7, 11) is -4.28. The molecule has 3 nitrogen and oxygen atoms in total. The lowest BCUT2D eigenvalue weighted by molar-refractivity contribution is 0.491. The lowest BCUT2D eigenvalue weighted by atomic mass is 10.3. The van der Waals surface area contributed by atoms with Crippen LogP contribution >= 0.6 is 0 Å². The molecule has 0 fully saturated rings. The van der Waals surface area contributed by atoms with Crippen LogP contribution in [0.15, 0.2) is 11.2 Å². The highest BCUT2D eigenvalue weighted by molar-refractivity contribution is 7.88. The van der Waals surface area contributed by atoms with E-state index < -0.39 is 15.9 Å². The van der Waals surface area contributed by atoms with E-state index in [1.54, 1.807) is 6.92 Å². The first kappa shape index (κ1) is 9.58. The SMILES string of the molecule is CCCC(F)=CS(=O)(=O)O. The summed E-state index contributed by atoms with van der Waals surface area (Å²) in [5.41, 5.74) is 0. The van der Waals surface area contributed by atoms with Gasteiger partial charge in [-0.1, -0.05) is 6.92 Å². The van der Waals surface area contributed by atoms with Gasteiger partial charge in [0.05, 0.1) is 5.41 Å². The molecule has 0 unspecified atom stereocenters. The molecule has 0 aliphatic rings. The van der Waals surface area contributed by atoms with E-state index in [0.29, 0.717) is 6.42 Å². The van der Waals surface area contributed by atoms with Crippen LogP contribution in [-0.2, 0) is 10.1 Å². The number of allylic oxidation sites excluding steroid dienone is 1. The molecule has 0 radical (unpaired) electrons. The minimum Gasteiger partial charge on any atom is -0.282 e. The fourth-order valence-corrected chi connectivity index (χ4v) is 0.900. The van der Waals surface area contributed by atoms with Crippen LogP contribution < -0.4 is 0 Å². The highest BCUT2D eigenvalue weighted by Crippen LogP contribution is 2.06. The molecule has 0 aliphatic carbocycles. The first-order valence-corrected chi connectivity index (χ1v) is 4.29. The van der Waals surface area contributed by atoms with Gasteiger partial charge in [0.1, 0.15) is 5.83 Å². The standard InChI is InChI=1S/C5H9FO3S/c1-2-3-5(6)4-10(7,8)9/h4H,2-3H2,1H3,(H,7,8,9). The molecule has 0 aliphatic heterocycles. The quantitative estimate of drug-likeness (QED) is 0.649.